The van der Waals surface area contributed by atoms with Crippen LogP contribution in [0.1, 0.15) is 21.7 Å². The Morgan fingerprint density at radius 2 is 2.00 bits per heavy atom. The first kappa shape index (κ1) is 12.3. The molecule has 0 atom stereocenters. The van der Waals surface area contributed by atoms with Gasteiger partial charge in [0.2, 0.25) is 0 Å². The predicted octanol–water partition coefficient (Wildman–Crippen LogP) is 2.11. The quantitative estimate of drug-likeness (QED) is 0.682. The molecule has 0 amide bonds. The van der Waals surface area contributed by atoms with Crippen molar-refractivity contribution in [3.05, 3.63) is 65.6 Å². The number of pyridine rings is 1. The molecule has 0 aliphatic heterocycles. The molecule has 2 heterocycles. The van der Waals surface area contributed by atoms with E-state index >= 15 is 0 Å². The molecule has 0 N–H and O–H groups in total. The zero-order valence-electron chi connectivity index (χ0n) is 11.0. The molecule has 3 aromatic rings. The van der Waals surface area contributed by atoms with Gasteiger partial charge in [0, 0.05) is 12.6 Å². The summed E-state index contributed by atoms with van der Waals surface area (Å²) >= 11 is 0. The Morgan fingerprint density at radius 1 is 1.20 bits per heavy atom. The Bertz CT molecular complexity index is 750. The molecule has 0 spiro atoms. The average Bonchev–Trinajstić information content (AvgIpc) is 2.88. The van der Waals surface area contributed by atoms with Crippen molar-refractivity contribution in [3.8, 4) is 0 Å². The molecule has 0 fully saturated rings. The van der Waals surface area contributed by atoms with E-state index in [1.165, 1.54) is 7.11 Å². The number of fused-ring (bicyclic) bond motifs is 1. The predicted molar refractivity (Wildman–Crippen MR) is 73.6 cm³/mol. The van der Waals surface area contributed by atoms with Crippen LogP contribution < -0.4 is 0 Å². The molecular formula is C15H13N3O2. The molecule has 0 aliphatic carbocycles. The zero-order chi connectivity index (χ0) is 13.9. The fraction of sp³-hybridized carbons (Fsp3) is 0.133. The highest BCUT2D eigenvalue weighted by atomic mass is 16.5. The highest BCUT2D eigenvalue weighted by Crippen LogP contribution is 2.09. The maximum absolute atomic E-state index is 11.5. The van der Waals surface area contributed by atoms with Gasteiger partial charge in [0.15, 0.2) is 11.5 Å². The smallest absolute Gasteiger partial charge is 0.339 e. The number of hydrogen-bond acceptors (Lipinski definition) is 4. The van der Waals surface area contributed by atoms with Crippen molar-refractivity contribution >= 4 is 11.6 Å². The number of aromatic nitrogens is 3. The first-order valence-electron chi connectivity index (χ1n) is 6.24. The lowest BCUT2D eigenvalue weighted by atomic mass is 10.1. The summed E-state index contributed by atoms with van der Waals surface area (Å²) in [6.45, 7) is 0. The summed E-state index contributed by atoms with van der Waals surface area (Å²) in [5.74, 6) is 0.338. The monoisotopic (exact) mass is 267 g/mol. The van der Waals surface area contributed by atoms with E-state index in [2.05, 4.69) is 14.8 Å². The molecule has 5 nitrogen and oxygen atoms in total. The summed E-state index contributed by atoms with van der Waals surface area (Å²) in [5.41, 5.74) is 2.32. The maximum atomic E-state index is 11.5. The zero-order valence-corrected chi connectivity index (χ0v) is 11.0. The molecule has 0 bridgehead atoms. The fourth-order valence-electron chi connectivity index (χ4n) is 2.02. The van der Waals surface area contributed by atoms with Crippen LogP contribution >= 0.6 is 0 Å². The van der Waals surface area contributed by atoms with Crippen LogP contribution in [0.3, 0.4) is 0 Å². The second-order valence-corrected chi connectivity index (χ2v) is 4.40. The van der Waals surface area contributed by atoms with Gasteiger partial charge >= 0.3 is 5.97 Å². The molecule has 20 heavy (non-hydrogen) atoms. The second-order valence-electron chi connectivity index (χ2n) is 4.40. The van der Waals surface area contributed by atoms with Gasteiger partial charge in [-0.25, -0.2) is 14.3 Å². The molecule has 5 heteroatoms. The van der Waals surface area contributed by atoms with Gasteiger partial charge in [0.05, 0.1) is 12.7 Å². The standard InChI is InChI=1S/C15H13N3O2/c1-20-15(19)12-7-8-14-16-13(17-18(14)10-12)9-11-5-3-2-4-6-11/h2-8,10H,9H2,1H3. The number of carbonyl (C=O) groups excluding carboxylic acids is 1. The SMILES string of the molecule is COC(=O)c1ccc2nc(Cc3ccccc3)nn2c1. The number of hydrogen-bond donors (Lipinski definition) is 0. The van der Waals surface area contributed by atoms with E-state index in [1.807, 2.05) is 30.3 Å². The Morgan fingerprint density at radius 3 is 2.75 bits per heavy atom. The Balaban J connectivity index is 1.92. The number of methoxy groups -OCH3 is 1. The molecule has 3 rings (SSSR count). The average molecular weight is 267 g/mol. The van der Waals surface area contributed by atoms with Crippen molar-refractivity contribution in [2.24, 2.45) is 0 Å². The Labute approximate surface area is 115 Å². The lowest BCUT2D eigenvalue weighted by Gasteiger charge is -1.98. The third-order valence-electron chi connectivity index (χ3n) is 3.00. The first-order valence-corrected chi connectivity index (χ1v) is 6.24. The summed E-state index contributed by atoms with van der Waals surface area (Å²) in [6.07, 6.45) is 2.29. The van der Waals surface area contributed by atoms with Crippen LogP contribution in [0.5, 0.6) is 0 Å². The van der Waals surface area contributed by atoms with Crippen molar-refractivity contribution in [2.75, 3.05) is 7.11 Å². The third-order valence-corrected chi connectivity index (χ3v) is 3.00. The minimum absolute atomic E-state index is 0.382. The van der Waals surface area contributed by atoms with Gasteiger partial charge in [-0.05, 0) is 17.7 Å². The van der Waals surface area contributed by atoms with E-state index in [0.29, 0.717) is 17.6 Å². The summed E-state index contributed by atoms with van der Waals surface area (Å²) in [5, 5.41) is 4.38. The van der Waals surface area contributed by atoms with Crippen LogP contribution in [0.25, 0.3) is 5.65 Å². The van der Waals surface area contributed by atoms with Gasteiger partial charge < -0.3 is 4.74 Å². The first-order chi connectivity index (χ1) is 9.76. The van der Waals surface area contributed by atoms with E-state index in [4.69, 9.17) is 0 Å². The molecule has 2 aromatic heterocycles. The Hall–Kier alpha value is -2.69. The number of ether oxygens (including phenoxy) is 1. The molecule has 0 aliphatic rings. The molecule has 0 saturated carbocycles. The van der Waals surface area contributed by atoms with Gasteiger partial charge in [0.25, 0.3) is 0 Å². The van der Waals surface area contributed by atoms with E-state index < -0.39 is 0 Å². The highest BCUT2D eigenvalue weighted by molar-refractivity contribution is 5.89. The second kappa shape index (κ2) is 5.13. The van der Waals surface area contributed by atoms with Crippen LogP contribution in [0.15, 0.2) is 48.7 Å². The number of benzene rings is 1. The van der Waals surface area contributed by atoms with Gasteiger partial charge in [0.1, 0.15) is 0 Å². The summed E-state index contributed by atoms with van der Waals surface area (Å²) in [4.78, 5) is 15.9. The van der Waals surface area contributed by atoms with Gasteiger partial charge in [-0.1, -0.05) is 30.3 Å². The van der Waals surface area contributed by atoms with Crippen molar-refractivity contribution in [1.82, 2.24) is 14.6 Å². The van der Waals surface area contributed by atoms with Gasteiger partial charge in [-0.2, -0.15) is 5.10 Å². The van der Waals surface area contributed by atoms with E-state index in [-0.39, 0.29) is 5.97 Å². The van der Waals surface area contributed by atoms with Gasteiger partial charge in [-0.3, -0.25) is 0 Å². The topological polar surface area (TPSA) is 56.5 Å². The highest BCUT2D eigenvalue weighted by Gasteiger charge is 2.09. The van der Waals surface area contributed by atoms with Crippen molar-refractivity contribution in [2.45, 2.75) is 6.42 Å². The van der Waals surface area contributed by atoms with E-state index in [1.54, 1.807) is 22.8 Å². The Kier molecular flexibility index (Phi) is 3.16. The van der Waals surface area contributed by atoms with Crippen LogP contribution in [-0.4, -0.2) is 27.7 Å². The molecule has 0 unspecified atom stereocenters. The van der Waals surface area contributed by atoms with Crippen molar-refractivity contribution in [1.29, 1.82) is 0 Å². The molecular weight excluding hydrogens is 254 g/mol. The van der Waals surface area contributed by atoms with Crippen LogP contribution in [-0.2, 0) is 11.2 Å². The number of esters is 1. The third kappa shape index (κ3) is 2.38. The van der Waals surface area contributed by atoms with Crippen molar-refractivity contribution < 1.29 is 9.53 Å². The molecule has 100 valence electrons. The maximum Gasteiger partial charge on any atom is 0.339 e. The lowest BCUT2D eigenvalue weighted by molar-refractivity contribution is 0.0600. The lowest BCUT2D eigenvalue weighted by Crippen LogP contribution is -2.03. The van der Waals surface area contributed by atoms with E-state index in [9.17, 15) is 4.79 Å². The minimum atomic E-state index is -0.382. The van der Waals surface area contributed by atoms with Crippen LogP contribution in [0, 0.1) is 0 Å². The minimum Gasteiger partial charge on any atom is -0.465 e. The molecule has 1 aromatic carbocycles. The van der Waals surface area contributed by atoms with Crippen molar-refractivity contribution in [3.63, 3.8) is 0 Å². The van der Waals surface area contributed by atoms with Crippen LogP contribution in [0.2, 0.25) is 0 Å². The largest absolute Gasteiger partial charge is 0.465 e. The number of rotatable bonds is 3. The summed E-state index contributed by atoms with van der Waals surface area (Å²) in [6, 6.07) is 13.5. The summed E-state index contributed by atoms with van der Waals surface area (Å²) in [7, 11) is 1.36. The molecule has 0 radical (unpaired) electrons. The molecule has 0 saturated heterocycles. The summed E-state index contributed by atoms with van der Waals surface area (Å²) < 4.78 is 6.29. The van der Waals surface area contributed by atoms with Gasteiger partial charge in [-0.15, -0.1) is 0 Å². The van der Waals surface area contributed by atoms with Crippen LogP contribution in [0.4, 0.5) is 0 Å². The van der Waals surface area contributed by atoms with E-state index in [0.717, 1.165) is 11.4 Å². The fourth-order valence-corrected chi connectivity index (χ4v) is 2.02. The number of carbonyl (C=O) groups is 1. The normalized spacial score (nSPS) is 10.7. The number of nitrogens with zero attached hydrogens (tertiary/aromatic N) is 3.